The number of amides is 1. The molecule has 0 radical (unpaired) electrons. The Kier molecular flexibility index (Phi) is 5.11. The third kappa shape index (κ3) is 4.11. The molecule has 2 atom stereocenters. The average Bonchev–Trinajstić information content (AvgIpc) is 2.58. The molecule has 1 aliphatic carbocycles. The lowest BCUT2D eigenvalue weighted by Gasteiger charge is -2.28. The fraction of sp³-hybridized carbons (Fsp3) is 0.368. The second kappa shape index (κ2) is 7.45. The van der Waals surface area contributed by atoms with Crippen LogP contribution in [0.15, 0.2) is 42.7 Å². The van der Waals surface area contributed by atoms with Crippen LogP contribution in [0.1, 0.15) is 41.6 Å². The number of aromatic nitrogens is 1. The zero-order chi connectivity index (χ0) is 16.9. The molecule has 126 valence electrons. The van der Waals surface area contributed by atoms with Gasteiger partial charge in [-0.25, -0.2) is 0 Å². The maximum atomic E-state index is 12.2. The summed E-state index contributed by atoms with van der Waals surface area (Å²) in [6.07, 6.45) is 6.53. The maximum Gasteiger partial charge on any atom is 0.257 e. The van der Waals surface area contributed by atoms with Crippen molar-refractivity contribution in [2.75, 3.05) is 5.32 Å². The highest BCUT2D eigenvalue weighted by Gasteiger charge is 2.24. The highest BCUT2D eigenvalue weighted by Crippen LogP contribution is 2.25. The molecule has 24 heavy (non-hydrogen) atoms. The van der Waals surface area contributed by atoms with Gasteiger partial charge in [0.05, 0.1) is 11.7 Å². The van der Waals surface area contributed by atoms with Gasteiger partial charge in [-0.15, -0.1) is 0 Å². The Morgan fingerprint density at radius 2 is 1.96 bits per heavy atom. The van der Waals surface area contributed by atoms with Crippen LogP contribution in [0.3, 0.4) is 0 Å². The summed E-state index contributed by atoms with van der Waals surface area (Å²) in [6.45, 7) is 1.90. The zero-order valence-electron chi connectivity index (χ0n) is 13.7. The lowest BCUT2D eigenvalue weighted by atomic mass is 9.95. The SMILES string of the molecule is Cc1cncc(C(=O)Nc2ccc(OC3CCCCC3O)cc2)c1. The Hall–Kier alpha value is -2.40. The van der Waals surface area contributed by atoms with Gasteiger partial charge in [-0.1, -0.05) is 6.42 Å². The Morgan fingerprint density at radius 1 is 1.21 bits per heavy atom. The number of hydrogen-bond donors (Lipinski definition) is 2. The van der Waals surface area contributed by atoms with E-state index in [0.29, 0.717) is 17.0 Å². The molecule has 0 spiro atoms. The van der Waals surface area contributed by atoms with Crippen LogP contribution < -0.4 is 10.1 Å². The topological polar surface area (TPSA) is 71.5 Å². The van der Waals surface area contributed by atoms with Crippen molar-refractivity contribution in [1.29, 1.82) is 0 Å². The van der Waals surface area contributed by atoms with E-state index in [2.05, 4.69) is 10.3 Å². The van der Waals surface area contributed by atoms with Crippen molar-refractivity contribution in [1.82, 2.24) is 4.98 Å². The summed E-state index contributed by atoms with van der Waals surface area (Å²) in [5, 5.41) is 12.8. The first-order chi connectivity index (χ1) is 11.6. The third-order valence-electron chi connectivity index (χ3n) is 4.20. The molecule has 5 heteroatoms. The minimum atomic E-state index is -0.396. The number of carbonyl (C=O) groups excluding carboxylic acids is 1. The van der Waals surface area contributed by atoms with E-state index in [1.807, 2.05) is 19.1 Å². The number of aryl methyl sites for hydroxylation is 1. The van der Waals surface area contributed by atoms with Gasteiger partial charge in [0.15, 0.2) is 0 Å². The fourth-order valence-corrected chi connectivity index (χ4v) is 2.89. The van der Waals surface area contributed by atoms with Crippen molar-refractivity contribution in [3.05, 3.63) is 53.9 Å². The predicted molar refractivity (Wildman–Crippen MR) is 92.3 cm³/mol. The van der Waals surface area contributed by atoms with Crippen LogP contribution in [0, 0.1) is 6.92 Å². The molecule has 2 unspecified atom stereocenters. The van der Waals surface area contributed by atoms with Gasteiger partial charge >= 0.3 is 0 Å². The molecular formula is C19H22N2O3. The smallest absolute Gasteiger partial charge is 0.257 e. The first-order valence-electron chi connectivity index (χ1n) is 8.29. The van der Waals surface area contributed by atoms with E-state index in [-0.39, 0.29) is 12.0 Å². The van der Waals surface area contributed by atoms with E-state index in [0.717, 1.165) is 31.2 Å². The molecule has 1 aliphatic rings. The molecule has 2 N–H and O–H groups in total. The maximum absolute atomic E-state index is 12.2. The lowest BCUT2D eigenvalue weighted by Crippen LogP contribution is -2.34. The summed E-state index contributed by atoms with van der Waals surface area (Å²) < 4.78 is 5.86. The minimum Gasteiger partial charge on any atom is -0.488 e. The second-order valence-corrected chi connectivity index (χ2v) is 6.24. The molecule has 0 aliphatic heterocycles. The van der Waals surface area contributed by atoms with E-state index < -0.39 is 6.10 Å². The number of nitrogens with zero attached hydrogens (tertiary/aromatic N) is 1. The van der Waals surface area contributed by atoms with Crippen molar-refractivity contribution in [3.63, 3.8) is 0 Å². The number of ether oxygens (including phenoxy) is 1. The van der Waals surface area contributed by atoms with Crippen molar-refractivity contribution >= 4 is 11.6 Å². The largest absolute Gasteiger partial charge is 0.488 e. The van der Waals surface area contributed by atoms with Gasteiger partial charge in [-0.05, 0) is 62.1 Å². The highest BCUT2D eigenvalue weighted by atomic mass is 16.5. The van der Waals surface area contributed by atoms with Gasteiger partial charge in [0, 0.05) is 18.1 Å². The van der Waals surface area contributed by atoms with Crippen LogP contribution >= 0.6 is 0 Å². The molecule has 1 saturated carbocycles. The molecular weight excluding hydrogens is 304 g/mol. The van der Waals surface area contributed by atoms with Crippen molar-refractivity contribution < 1.29 is 14.6 Å². The Balaban J connectivity index is 1.61. The first-order valence-corrected chi connectivity index (χ1v) is 8.29. The Morgan fingerprint density at radius 3 is 2.67 bits per heavy atom. The number of hydrogen-bond acceptors (Lipinski definition) is 4. The molecule has 0 bridgehead atoms. The number of carbonyl (C=O) groups is 1. The number of pyridine rings is 1. The summed E-state index contributed by atoms with van der Waals surface area (Å²) in [7, 11) is 0. The van der Waals surface area contributed by atoms with Crippen LogP contribution in [0.5, 0.6) is 5.75 Å². The molecule has 2 aromatic rings. The molecule has 1 heterocycles. The Labute approximate surface area is 141 Å². The van der Waals surface area contributed by atoms with E-state index in [4.69, 9.17) is 4.74 Å². The standard InChI is InChI=1S/C19H22N2O3/c1-13-10-14(12-20-11-13)19(23)21-15-6-8-16(9-7-15)24-18-5-3-2-4-17(18)22/h6-12,17-18,22H,2-5H2,1H3,(H,21,23). The van der Waals surface area contributed by atoms with Crippen LogP contribution in [-0.2, 0) is 0 Å². The number of aliphatic hydroxyl groups is 1. The fourth-order valence-electron chi connectivity index (χ4n) is 2.89. The molecule has 3 rings (SSSR count). The summed E-state index contributed by atoms with van der Waals surface area (Å²) >= 11 is 0. The van der Waals surface area contributed by atoms with Crippen LogP contribution in [0.4, 0.5) is 5.69 Å². The van der Waals surface area contributed by atoms with Crippen LogP contribution in [0.25, 0.3) is 0 Å². The van der Waals surface area contributed by atoms with Gasteiger partial charge < -0.3 is 15.2 Å². The molecule has 0 saturated heterocycles. The summed E-state index contributed by atoms with van der Waals surface area (Å²) in [5.41, 5.74) is 2.16. The first kappa shape index (κ1) is 16.5. The van der Waals surface area contributed by atoms with Crippen molar-refractivity contribution in [3.8, 4) is 5.75 Å². The minimum absolute atomic E-state index is 0.141. The molecule has 1 fully saturated rings. The summed E-state index contributed by atoms with van der Waals surface area (Å²) in [5.74, 6) is 0.513. The van der Waals surface area contributed by atoms with E-state index in [1.165, 1.54) is 0 Å². The van der Waals surface area contributed by atoms with Crippen molar-refractivity contribution in [2.24, 2.45) is 0 Å². The number of aliphatic hydroxyl groups excluding tert-OH is 1. The Bertz CT molecular complexity index is 700. The predicted octanol–water partition coefficient (Wildman–Crippen LogP) is 3.32. The second-order valence-electron chi connectivity index (χ2n) is 6.24. The summed E-state index contributed by atoms with van der Waals surface area (Å²) in [4.78, 5) is 16.2. The number of benzene rings is 1. The van der Waals surface area contributed by atoms with Gasteiger partial charge in [0.2, 0.25) is 0 Å². The zero-order valence-corrected chi connectivity index (χ0v) is 13.7. The van der Waals surface area contributed by atoms with Crippen LogP contribution in [-0.4, -0.2) is 28.2 Å². The number of anilines is 1. The quantitative estimate of drug-likeness (QED) is 0.904. The number of nitrogens with one attached hydrogen (secondary N) is 1. The summed E-state index contributed by atoms with van der Waals surface area (Å²) in [6, 6.07) is 9.01. The molecule has 1 aromatic carbocycles. The van der Waals surface area contributed by atoms with Gasteiger partial charge in [-0.3, -0.25) is 9.78 Å². The van der Waals surface area contributed by atoms with Gasteiger partial charge in [0.1, 0.15) is 11.9 Å². The molecule has 1 aromatic heterocycles. The van der Waals surface area contributed by atoms with Gasteiger partial charge in [0.25, 0.3) is 5.91 Å². The average molecular weight is 326 g/mol. The van der Waals surface area contributed by atoms with E-state index in [1.54, 1.807) is 30.6 Å². The monoisotopic (exact) mass is 326 g/mol. The lowest BCUT2D eigenvalue weighted by molar-refractivity contribution is 0.00688. The van der Waals surface area contributed by atoms with E-state index in [9.17, 15) is 9.90 Å². The molecule has 5 nitrogen and oxygen atoms in total. The van der Waals surface area contributed by atoms with Crippen molar-refractivity contribution in [2.45, 2.75) is 44.8 Å². The van der Waals surface area contributed by atoms with Crippen LogP contribution in [0.2, 0.25) is 0 Å². The third-order valence-corrected chi connectivity index (χ3v) is 4.20. The number of rotatable bonds is 4. The van der Waals surface area contributed by atoms with Gasteiger partial charge in [-0.2, -0.15) is 0 Å². The van der Waals surface area contributed by atoms with E-state index >= 15 is 0 Å². The molecule has 1 amide bonds. The highest BCUT2D eigenvalue weighted by molar-refractivity contribution is 6.04. The normalized spacial score (nSPS) is 20.4.